The molecule has 160 valence electrons. The highest BCUT2D eigenvalue weighted by molar-refractivity contribution is 7.89. The summed E-state index contributed by atoms with van der Waals surface area (Å²) in [4.78, 5) is 23.7. The summed E-state index contributed by atoms with van der Waals surface area (Å²) in [6.45, 7) is 0.782. The van der Waals surface area contributed by atoms with E-state index in [0.29, 0.717) is 24.2 Å². The maximum atomic E-state index is 13.1. The molecule has 0 unspecified atom stereocenters. The summed E-state index contributed by atoms with van der Waals surface area (Å²) in [5.74, 6) is -1.27. The zero-order chi connectivity index (χ0) is 21.7. The van der Waals surface area contributed by atoms with Crippen molar-refractivity contribution < 1.29 is 22.7 Å². The third-order valence-electron chi connectivity index (χ3n) is 4.93. The number of benzene rings is 2. The van der Waals surface area contributed by atoms with Crippen molar-refractivity contribution in [3.8, 4) is 0 Å². The van der Waals surface area contributed by atoms with Gasteiger partial charge in [0.2, 0.25) is 15.9 Å². The molecule has 2 N–H and O–H groups in total. The van der Waals surface area contributed by atoms with Crippen molar-refractivity contribution in [1.82, 2.24) is 4.31 Å². The predicted octanol–water partition coefficient (Wildman–Crippen LogP) is 3.36. The highest BCUT2D eigenvalue weighted by Crippen LogP contribution is 2.28. The van der Waals surface area contributed by atoms with Gasteiger partial charge in [-0.05, 0) is 48.7 Å². The van der Waals surface area contributed by atoms with Crippen molar-refractivity contribution in [2.45, 2.75) is 37.2 Å². The Bertz CT molecular complexity index is 1050. The van der Waals surface area contributed by atoms with Gasteiger partial charge in [-0.3, -0.25) is 4.79 Å². The number of halogens is 1. The van der Waals surface area contributed by atoms with E-state index in [1.54, 1.807) is 18.2 Å². The van der Waals surface area contributed by atoms with Gasteiger partial charge in [-0.1, -0.05) is 36.6 Å². The van der Waals surface area contributed by atoms with Gasteiger partial charge < -0.3 is 10.5 Å². The number of ether oxygens (including phenoxy) is 1. The minimum Gasteiger partial charge on any atom is -0.457 e. The molecule has 9 heteroatoms. The van der Waals surface area contributed by atoms with Crippen molar-refractivity contribution >= 4 is 33.5 Å². The second-order valence-corrected chi connectivity index (χ2v) is 9.42. The first-order chi connectivity index (χ1) is 14.3. The van der Waals surface area contributed by atoms with E-state index in [9.17, 15) is 18.0 Å². The lowest BCUT2D eigenvalue weighted by Crippen LogP contribution is -2.32. The van der Waals surface area contributed by atoms with Gasteiger partial charge in [0.1, 0.15) is 11.5 Å². The molecule has 1 aliphatic rings. The SMILES string of the molecule is NC(=O)c1cccc(COC(=O)c2ccc(Cl)c(S(=O)(=O)N3CCCCCC3)c2)c1. The summed E-state index contributed by atoms with van der Waals surface area (Å²) in [7, 11) is -3.81. The molecule has 1 fully saturated rings. The monoisotopic (exact) mass is 450 g/mol. The standard InChI is InChI=1S/C21H23ClN2O5S/c22-18-9-8-17(13-19(18)30(27,28)24-10-3-1-2-4-11-24)21(26)29-14-15-6-5-7-16(12-15)20(23)25/h5-9,12-13H,1-4,10-11,14H2,(H2,23,25). The molecular weight excluding hydrogens is 428 g/mol. The number of carbonyl (C=O) groups is 2. The first-order valence-corrected chi connectivity index (χ1v) is 11.5. The van der Waals surface area contributed by atoms with Gasteiger partial charge in [0.15, 0.2) is 0 Å². The molecule has 30 heavy (non-hydrogen) atoms. The van der Waals surface area contributed by atoms with Crippen LogP contribution in [-0.4, -0.2) is 37.7 Å². The number of sulfonamides is 1. The van der Waals surface area contributed by atoms with Crippen LogP contribution in [0, 0.1) is 0 Å². The zero-order valence-corrected chi connectivity index (χ0v) is 17.9. The van der Waals surface area contributed by atoms with Crippen LogP contribution in [0.5, 0.6) is 0 Å². The second-order valence-electron chi connectivity index (χ2n) is 7.10. The van der Waals surface area contributed by atoms with Crippen LogP contribution in [0.4, 0.5) is 0 Å². The molecule has 0 bridgehead atoms. The van der Waals surface area contributed by atoms with Gasteiger partial charge >= 0.3 is 5.97 Å². The summed E-state index contributed by atoms with van der Waals surface area (Å²) in [5.41, 5.74) is 6.23. The van der Waals surface area contributed by atoms with Gasteiger partial charge in [-0.2, -0.15) is 4.31 Å². The number of nitrogens with two attached hydrogens (primary N) is 1. The van der Waals surface area contributed by atoms with E-state index in [4.69, 9.17) is 22.1 Å². The van der Waals surface area contributed by atoms with E-state index in [1.165, 1.54) is 28.6 Å². The molecule has 0 radical (unpaired) electrons. The second kappa shape index (κ2) is 9.59. The maximum absolute atomic E-state index is 13.1. The Kier molecular flexibility index (Phi) is 7.12. The number of primary amides is 1. The smallest absolute Gasteiger partial charge is 0.338 e. The number of hydrogen-bond donors (Lipinski definition) is 1. The quantitative estimate of drug-likeness (QED) is 0.679. The van der Waals surface area contributed by atoms with Gasteiger partial charge in [-0.15, -0.1) is 0 Å². The van der Waals surface area contributed by atoms with Crippen LogP contribution >= 0.6 is 11.6 Å². The Morgan fingerprint density at radius 1 is 1.00 bits per heavy atom. The van der Waals surface area contributed by atoms with Crippen LogP contribution in [0.1, 0.15) is 52.0 Å². The van der Waals surface area contributed by atoms with E-state index in [2.05, 4.69) is 0 Å². The van der Waals surface area contributed by atoms with Gasteiger partial charge in [0.25, 0.3) is 0 Å². The van der Waals surface area contributed by atoms with Crippen LogP contribution in [0.15, 0.2) is 47.4 Å². The molecule has 1 saturated heterocycles. The summed E-state index contributed by atoms with van der Waals surface area (Å²) >= 11 is 6.16. The Balaban J connectivity index is 1.78. The molecule has 3 rings (SSSR count). The van der Waals surface area contributed by atoms with E-state index in [0.717, 1.165) is 25.7 Å². The molecule has 2 aromatic rings. The van der Waals surface area contributed by atoms with Crippen molar-refractivity contribution in [3.63, 3.8) is 0 Å². The van der Waals surface area contributed by atoms with Crippen molar-refractivity contribution in [2.75, 3.05) is 13.1 Å². The number of nitrogens with zero attached hydrogens (tertiary/aromatic N) is 1. The Morgan fingerprint density at radius 2 is 1.70 bits per heavy atom. The lowest BCUT2D eigenvalue weighted by molar-refractivity contribution is 0.0472. The largest absolute Gasteiger partial charge is 0.457 e. The fourth-order valence-electron chi connectivity index (χ4n) is 3.30. The summed E-state index contributed by atoms with van der Waals surface area (Å²) in [6.07, 6.45) is 3.57. The molecule has 7 nitrogen and oxygen atoms in total. The highest BCUT2D eigenvalue weighted by Gasteiger charge is 2.28. The Labute approximate surface area is 180 Å². The number of rotatable bonds is 6. The number of amides is 1. The molecule has 0 saturated carbocycles. The molecule has 1 amide bonds. The maximum Gasteiger partial charge on any atom is 0.338 e. The van der Waals surface area contributed by atoms with E-state index < -0.39 is 21.9 Å². The van der Waals surface area contributed by atoms with Crippen LogP contribution in [-0.2, 0) is 21.4 Å². The molecular formula is C21H23ClN2O5S. The topological polar surface area (TPSA) is 107 Å². The van der Waals surface area contributed by atoms with Gasteiger partial charge in [0, 0.05) is 18.7 Å². The minimum absolute atomic E-state index is 0.0601. The minimum atomic E-state index is -3.81. The molecule has 1 aliphatic heterocycles. The third kappa shape index (κ3) is 5.19. The van der Waals surface area contributed by atoms with Crippen LogP contribution in [0.25, 0.3) is 0 Å². The molecule has 0 atom stereocenters. The fraction of sp³-hybridized carbons (Fsp3) is 0.333. The van der Waals surface area contributed by atoms with Crippen LogP contribution in [0.3, 0.4) is 0 Å². The van der Waals surface area contributed by atoms with Crippen molar-refractivity contribution in [1.29, 1.82) is 0 Å². The summed E-state index contributed by atoms with van der Waals surface area (Å²) in [5, 5.41) is 0.0601. The first kappa shape index (κ1) is 22.3. The molecule has 0 aromatic heterocycles. The first-order valence-electron chi connectivity index (χ1n) is 9.64. The average molecular weight is 451 g/mol. The van der Waals surface area contributed by atoms with Crippen molar-refractivity contribution in [2.24, 2.45) is 5.73 Å². The lowest BCUT2D eigenvalue weighted by atomic mass is 10.1. The summed E-state index contributed by atoms with van der Waals surface area (Å²) in [6, 6.07) is 10.5. The molecule has 0 aliphatic carbocycles. The summed E-state index contributed by atoms with van der Waals surface area (Å²) < 4.78 is 32.8. The molecule has 2 aromatic carbocycles. The number of carbonyl (C=O) groups excluding carboxylic acids is 2. The average Bonchev–Trinajstić information content (AvgIpc) is 3.02. The van der Waals surface area contributed by atoms with Crippen LogP contribution < -0.4 is 5.73 Å². The molecule has 0 spiro atoms. The molecule has 1 heterocycles. The van der Waals surface area contributed by atoms with E-state index >= 15 is 0 Å². The third-order valence-corrected chi connectivity index (χ3v) is 7.31. The van der Waals surface area contributed by atoms with Gasteiger partial charge in [-0.25, -0.2) is 13.2 Å². The highest BCUT2D eigenvalue weighted by atomic mass is 35.5. The Morgan fingerprint density at radius 3 is 2.37 bits per heavy atom. The van der Waals surface area contributed by atoms with Crippen LogP contribution in [0.2, 0.25) is 5.02 Å². The number of esters is 1. The predicted molar refractivity (Wildman–Crippen MR) is 113 cm³/mol. The van der Waals surface area contributed by atoms with E-state index in [-0.39, 0.29) is 22.1 Å². The normalized spacial score (nSPS) is 15.4. The lowest BCUT2D eigenvalue weighted by Gasteiger charge is -2.21. The van der Waals surface area contributed by atoms with E-state index in [1.807, 2.05) is 0 Å². The fourth-order valence-corrected chi connectivity index (χ4v) is 5.31. The Hall–Kier alpha value is -2.42. The van der Waals surface area contributed by atoms with Gasteiger partial charge in [0.05, 0.1) is 10.6 Å². The number of hydrogen-bond acceptors (Lipinski definition) is 5. The zero-order valence-electron chi connectivity index (χ0n) is 16.3. The van der Waals surface area contributed by atoms with Crippen molar-refractivity contribution in [3.05, 3.63) is 64.2 Å².